The number of hydrogen-bond acceptors (Lipinski definition) is 12. The van der Waals surface area contributed by atoms with Crippen molar-refractivity contribution in [3.05, 3.63) is 41.7 Å². The van der Waals surface area contributed by atoms with Crippen molar-refractivity contribution in [1.29, 1.82) is 0 Å². The number of ketones is 2. The van der Waals surface area contributed by atoms with E-state index in [1.54, 1.807) is 41.5 Å². The lowest BCUT2D eigenvalue weighted by molar-refractivity contribution is -0.296. The van der Waals surface area contributed by atoms with E-state index in [1.807, 2.05) is 25.9 Å². The molecule has 0 aliphatic carbocycles. The Bertz CT molecular complexity index is 1960. The first-order valence-electron chi connectivity index (χ1n) is 20.3. The van der Waals surface area contributed by atoms with Crippen LogP contribution in [-0.4, -0.2) is 113 Å². The van der Waals surface area contributed by atoms with Gasteiger partial charge in [-0.05, 0) is 79.1 Å². The predicted molar refractivity (Wildman–Crippen MR) is 211 cm³/mol. The van der Waals surface area contributed by atoms with Crippen LogP contribution in [0.15, 0.2) is 34.9 Å². The first-order chi connectivity index (χ1) is 28.0. The molecule has 0 radical (unpaired) electrons. The fourth-order valence-electron chi connectivity index (χ4n) is 8.92. The summed E-state index contributed by atoms with van der Waals surface area (Å²) in [7, 11) is 3.64. The molecule has 3 saturated heterocycles. The minimum Gasteiger partial charge on any atom is -0.459 e. The van der Waals surface area contributed by atoms with Gasteiger partial charge in [0.2, 0.25) is 5.76 Å². The van der Waals surface area contributed by atoms with Gasteiger partial charge in [-0.15, -0.1) is 0 Å². The number of amides is 2. The highest BCUT2D eigenvalue weighted by Crippen LogP contribution is 2.39. The largest absolute Gasteiger partial charge is 0.459 e. The van der Waals surface area contributed by atoms with Gasteiger partial charge in [0.1, 0.15) is 36.2 Å². The number of esters is 1. The first-order valence-corrected chi connectivity index (χ1v) is 20.3. The van der Waals surface area contributed by atoms with Gasteiger partial charge in [0.15, 0.2) is 12.1 Å². The molecular formula is C43H57F3N4O10. The Morgan fingerprint density at radius 3 is 2.38 bits per heavy atom. The number of benzene rings is 1. The molecule has 0 bridgehead atoms. The van der Waals surface area contributed by atoms with Gasteiger partial charge < -0.3 is 44.1 Å². The van der Waals surface area contributed by atoms with E-state index in [2.05, 4.69) is 27.6 Å². The van der Waals surface area contributed by atoms with Crippen LogP contribution >= 0.6 is 0 Å². The number of cyclic esters (lactones) is 1. The molecule has 0 spiro atoms. The monoisotopic (exact) mass is 846 g/mol. The van der Waals surface area contributed by atoms with Crippen LogP contribution in [0, 0.1) is 35.5 Å². The van der Waals surface area contributed by atoms with E-state index < -0.39 is 95.0 Å². The second-order valence-electron chi connectivity index (χ2n) is 17.1. The lowest BCUT2D eigenvalue weighted by atomic mass is 9.73. The smallest absolute Gasteiger partial charge is 0.416 e. The van der Waals surface area contributed by atoms with Crippen molar-refractivity contribution >= 4 is 23.6 Å². The number of hydrogen-bond donors (Lipinski definition) is 3. The molecule has 2 amide bonds. The highest BCUT2D eigenvalue weighted by Gasteiger charge is 2.55. The van der Waals surface area contributed by atoms with Gasteiger partial charge in [-0.2, -0.15) is 13.2 Å². The summed E-state index contributed by atoms with van der Waals surface area (Å²) in [4.78, 5) is 57.4. The second kappa shape index (κ2) is 18.3. The third-order valence-corrected chi connectivity index (χ3v) is 12.3. The van der Waals surface area contributed by atoms with Crippen molar-refractivity contribution < 1.29 is 60.9 Å². The molecule has 4 heterocycles. The third-order valence-electron chi connectivity index (χ3n) is 12.3. The van der Waals surface area contributed by atoms with E-state index in [-0.39, 0.29) is 54.4 Å². The number of urea groups is 1. The molecule has 0 unspecified atom stereocenters. The second-order valence-corrected chi connectivity index (χ2v) is 17.1. The number of likely N-dealkylation sites (N-methyl/N-ethyl adjacent to an activating group) is 1. The van der Waals surface area contributed by atoms with Crippen LogP contribution in [0.3, 0.4) is 0 Å². The summed E-state index contributed by atoms with van der Waals surface area (Å²) in [5, 5.41) is 21.2. The van der Waals surface area contributed by atoms with Gasteiger partial charge in [-0.25, -0.2) is 4.79 Å². The van der Waals surface area contributed by atoms with Crippen LogP contribution in [0.2, 0.25) is 0 Å². The zero-order valence-corrected chi connectivity index (χ0v) is 35.7. The molecule has 17 heteroatoms. The Morgan fingerprint density at radius 1 is 1.03 bits per heavy atom. The van der Waals surface area contributed by atoms with Crippen molar-refractivity contribution in [2.75, 3.05) is 20.7 Å². The molecule has 0 saturated carbocycles. The number of aliphatic hydroxyl groups excluding tert-OH is 1. The summed E-state index contributed by atoms with van der Waals surface area (Å²) in [5.74, 6) is 0.0215. The van der Waals surface area contributed by atoms with Gasteiger partial charge in [-0.3, -0.25) is 14.4 Å². The van der Waals surface area contributed by atoms with E-state index in [9.17, 15) is 37.5 Å². The third kappa shape index (κ3) is 9.89. The van der Waals surface area contributed by atoms with Crippen LogP contribution in [-0.2, 0) is 39.5 Å². The van der Waals surface area contributed by atoms with Gasteiger partial charge in [-0.1, -0.05) is 50.9 Å². The van der Waals surface area contributed by atoms with Crippen LogP contribution in [0.4, 0.5) is 18.0 Å². The van der Waals surface area contributed by atoms with Crippen LogP contribution in [0.5, 0.6) is 0 Å². The van der Waals surface area contributed by atoms with Crippen molar-refractivity contribution in [3.8, 4) is 23.1 Å². The summed E-state index contributed by atoms with van der Waals surface area (Å²) in [6, 6.07) is 4.30. The maximum atomic E-state index is 14.4. The lowest BCUT2D eigenvalue weighted by Gasteiger charge is -2.47. The number of nitrogens with one attached hydrogen (secondary N) is 2. The fourth-order valence-corrected chi connectivity index (χ4v) is 8.92. The average molecular weight is 847 g/mol. The molecule has 3 fully saturated rings. The highest BCUT2D eigenvalue weighted by molar-refractivity contribution is 6.00. The Kier molecular flexibility index (Phi) is 14.3. The van der Waals surface area contributed by atoms with Gasteiger partial charge in [0, 0.05) is 35.4 Å². The molecule has 3 aliphatic rings. The van der Waals surface area contributed by atoms with E-state index in [4.69, 9.17) is 23.5 Å². The van der Waals surface area contributed by atoms with Gasteiger partial charge >= 0.3 is 18.2 Å². The number of ether oxygens (including phenoxy) is 4. The molecule has 14 nitrogen and oxygen atoms in total. The van der Waals surface area contributed by atoms with Crippen LogP contribution < -0.4 is 10.6 Å². The molecular weight excluding hydrogens is 789 g/mol. The maximum Gasteiger partial charge on any atom is 0.416 e. The number of carbonyl (C=O) groups excluding carboxylic acids is 4. The maximum absolute atomic E-state index is 14.4. The normalized spacial score (nSPS) is 35.8. The van der Waals surface area contributed by atoms with E-state index in [0.29, 0.717) is 6.42 Å². The highest BCUT2D eigenvalue weighted by atomic mass is 19.4. The summed E-state index contributed by atoms with van der Waals surface area (Å²) in [5.41, 5.74) is -3.29. The molecule has 3 N–H and O–H groups in total. The summed E-state index contributed by atoms with van der Waals surface area (Å²) in [6.07, 6.45) is -8.76. The first kappa shape index (κ1) is 46.7. The fraction of sp³-hybridized carbons (Fsp3) is 0.651. The Balaban J connectivity index is 1.54. The molecule has 1 aromatic carbocycles. The van der Waals surface area contributed by atoms with Crippen LogP contribution in [0.25, 0.3) is 11.3 Å². The molecule has 3 aliphatic heterocycles. The number of carbonyl (C=O) groups is 4. The van der Waals surface area contributed by atoms with Crippen molar-refractivity contribution in [1.82, 2.24) is 20.7 Å². The zero-order valence-electron chi connectivity index (χ0n) is 35.7. The Hall–Kier alpha value is -4.34. The number of fused-ring (bicyclic) bond motifs is 1. The summed E-state index contributed by atoms with van der Waals surface area (Å²) in [6.45, 7) is 13.1. The van der Waals surface area contributed by atoms with Crippen molar-refractivity contribution in [2.24, 2.45) is 23.7 Å². The minimum atomic E-state index is -4.55. The van der Waals surface area contributed by atoms with Crippen LogP contribution in [0.1, 0.15) is 86.0 Å². The molecule has 330 valence electrons. The minimum absolute atomic E-state index is 0.0336. The van der Waals surface area contributed by atoms with E-state index in [1.165, 1.54) is 25.1 Å². The summed E-state index contributed by atoms with van der Waals surface area (Å²) < 4.78 is 70.7. The average Bonchev–Trinajstić information content (AvgIpc) is 3.79. The standard InChI is InChI=1S/C43H57F3N4O10/c1-11-32-42(8)36(47-40(55)48-42)24(4)33(51)22(2)21-41(7,56-17-13-16-29-20-30(49-60-29)27-14-12-15-28(19-27)43(44,45)46)37(25(5)34(52)26(6)38(54)58-32)59-39-35(53)31(50(9)10)18-23(3)57-39/h12,14-15,19-20,22-26,31-32,35-37,39,53H,11,17-18,21H2,1-10H3,(H2,47,48,55)/t22-,23-,24+,25+,26-,31+,32-,35-,36-,37-,39+,41-,42-/m1/s1. The van der Waals surface area contributed by atoms with E-state index >= 15 is 0 Å². The molecule has 13 atom stereocenters. The van der Waals surface area contributed by atoms with Crippen molar-refractivity contribution in [2.45, 2.75) is 135 Å². The number of aromatic nitrogens is 1. The quantitative estimate of drug-likeness (QED) is 0.190. The lowest BCUT2D eigenvalue weighted by Crippen LogP contribution is -2.62. The Morgan fingerprint density at radius 2 is 1.73 bits per heavy atom. The molecule has 1 aromatic heterocycles. The van der Waals surface area contributed by atoms with Crippen molar-refractivity contribution in [3.63, 3.8) is 0 Å². The SMILES string of the molecule is CC[C@H]1OC(=O)[C@H](C)C(=O)[C@H](C)[C@@H](O[C@@H]2O[C@H](C)C[C@H](N(C)C)[C@H]2O)[C@](C)(OCC#Cc2cc(-c3cccc(C(F)(F)F)c3)no2)C[C@@H](C)C(=O)[C@H](C)[C@H]2NC(=O)N[C@@]21C. The van der Waals surface area contributed by atoms with Gasteiger partial charge in [0.05, 0.1) is 35.0 Å². The molecule has 2 aromatic rings. The number of Topliss-reactive ketones (excluding diaryl/α,β-unsaturated/α-hetero) is 2. The zero-order chi connectivity index (χ0) is 44.5. The number of aliphatic hydroxyl groups is 1. The Labute approximate surface area is 348 Å². The number of nitrogens with zero attached hydrogens (tertiary/aromatic N) is 2. The topological polar surface area (TPSA) is 179 Å². The number of halogens is 3. The number of rotatable bonds is 7. The van der Waals surface area contributed by atoms with Gasteiger partial charge in [0.25, 0.3) is 0 Å². The van der Waals surface area contributed by atoms with E-state index in [0.717, 1.165) is 12.1 Å². The number of alkyl halides is 3. The predicted octanol–water partition coefficient (Wildman–Crippen LogP) is 5.15. The molecule has 5 rings (SSSR count). The molecule has 60 heavy (non-hydrogen) atoms. The summed E-state index contributed by atoms with van der Waals surface area (Å²) >= 11 is 0.